The molecule has 0 fully saturated rings. The molecular weight excluding hydrogens is 827 g/mol. The van der Waals surface area contributed by atoms with Crippen molar-refractivity contribution in [1.29, 1.82) is 0 Å². The third kappa shape index (κ3) is 5.03. The average Bonchev–Trinajstić information content (AvgIpc) is 4.14. The summed E-state index contributed by atoms with van der Waals surface area (Å²) in [6, 6.07) is 80.1. The second-order valence-corrected chi connectivity index (χ2v) is 21.7. The first-order valence-electron chi connectivity index (χ1n) is 22.1. The lowest BCUT2D eigenvalue weighted by Crippen LogP contribution is -2.74. The van der Waals surface area contributed by atoms with Gasteiger partial charge in [0, 0.05) is 54.0 Å². The summed E-state index contributed by atoms with van der Waals surface area (Å²) >= 11 is 1.91. The Kier molecular flexibility index (Phi) is 7.84. The van der Waals surface area contributed by atoms with Gasteiger partial charge in [-0.3, -0.25) is 4.57 Å². The Morgan fingerprint density at radius 3 is 1.49 bits per heavy atom. The molecule has 4 nitrogen and oxygen atoms in total. The molecule has 0 radical (unpaired) electrons. The third-order valence-electron chi connectivity index (χ3n) is 13.7. The quantitative estimate of drug-likeness (QED) is 0.123. The van der Waals surface area contributed by atoms with Gasteiger partial charge in [0.2, 0.25) is 0 Å². The number of fused-ring (bicyclic) bond motifs is 12. The Morgan fingerprint density at radius 2 is 0.831 bits per heavy atom. The molecule has 0 amide bonds. The fraction of sp³-hybridized carbons (Fsp3) is 0. The molecule has 0 spiro atoms. The van der Waals surface area contributed by atoms with E-state index >= 15 is 0 Å². The smallest absolute Gasteiger partial charge is 0.185 e. The number of benzene rings is 9. The molecular formula is C59H37N3OSSi. The molecule has 65 heavy (non-hydrogen) atoms. The van der Waals surface area contributed by atoms with Crippen molar-refractivity contribution in [3.8, 4) is 11.4 Å². The van der Waals surface area contributed by atoms with E-state index in [0.29, 0.717) is 0 Å². The van der Waals surface area contributed by atoms with Crippen LogP contribution in [0, 0.1) is 0 Å². The van der Waals surface area contributed by atoms with Gasteiger partial charge in [-0.05, 0) is 63.2 Å². The van der Waals surface area contributed by atoms with Crippen LogP contribution < -0.4 is 20.7 Å². The summed E-state index contributed by atoms with van der Waals surface area (Å²) in [5.74, 6) is 0. The van der Waals surface area contributed by atoms with Gasteiger partial charge in [-0.15, -0.1) is 11.3 Å². The normalized spacial score (nSPS) is 12.3. The van der Waals surface area contributed by atoms with Crippen molar-refractivity contribution >= 4 is 126 Å². The predicted octanol–water partition coefficient (Wildman–Crippen LogP) is 12.9. The highest BCUT2D eigenvalue weighted by Crippen LogP contribution is 2.42. The summed E-state index contributed by atoms with van der Waals surface area (Å²) in [6.45, 7) is 0. The number of hydrogen-bond acceptors (Lipinski definition) is 3. The van der Waals surface area contributed by atoms with E-state index in [4.69, 9.17) is 9.40 Å². The monoisotopic (exact) mass is 863 g/mol. The van der Waals surface area contributed by atoms with Crippen LogP contribution >= 0.6 is 11.3 Å². The molecule has 0 atom stereocenters. The predicted molar refractivity (Wildman–Crippen MR) is 277 cm³/mol. The molecule has 0 bridgehead atoms. The van der Waals surface area contributed by atoms with Crippen molar-refractivity contribution in [2.24, 2.45) is 0 Å². The van der Waals surface area contributed by atoms with E-state index < -0.39 is 8.07 Å². The number of hydrogen-bond donors (Lipinski definition) is 0. The van der Waals surface area contributed by atoms with E-state index in [-0.39, 0.29) is 0 Å². The number of rotatable bonds is 6. The summed E-state index contributed by atoms with van der Waals surface area (Å²) in [5.41, 5.74) is 8.43. The largest absolute Gasteiger partial charge is 0.454 e. The zero-order valence-corrected chi connectivity index (χ0v) is 36.8. The molecule has 5 heterocycles. The minimum Gasteiger partial charge on any atom is -0.454 e. The maximum absolute atomic E-state index is 7.53. The molecule has 0 aliphatic carbocycles. The fourth-order valence-corrected chi connectivity index (χ4v) is 17.9. The fourth-order valence-electron chi connectivity index (χ4n) is 11.1. The summed E-state index contributed by atoms with van der Waals surface area (Å²) in [5, 5.41) is 14.7. The molecule has 14 aromatic rings. The first-order chi connectivity index (χ1) is 32.3. The molecule has 304 valence electrons. The van der Waals surface area contributed by atoms with Crippen molar-refractivity contribution in [1.82, 2.24) is 14.1 Å². The Bertz CT molecular complexity index is 3820. The number of para-hydroxylation sites is 5. The van der Waals surface area contributed by atoms with Gasteiger partial charge < -0.3 is 8.98 Å². The van der Waals surface area contributed by atoms with E-state index in [9.17, 15) is 0 Å². The molecule has 0 saturated carbocycles. The van der Waals surface area contributed by atoms with Crippen LogP contribution in [0.4, 0.5) is 0 Å². The Labute approximate surface area is 378 Å². The van der Waals surface area contributed by atoms with Crippen LogP contribution in [-0.2, 0) is 0 Å². The lowest BCUT2D eigenvalue weighted by Gasteiger charge is -2.34. The van der Waals surface area contributed by atoms with Gasteiger partial charge in [0.05, 0.1) is 32.6 Å². The number of nitrogens with zero attached hydrogens (tertiary/aromatic N) is 3. The SMILES string of the molecule is c1ccc([Si](c2ccccc2)(c2cccc3c2oc2c(-n4c5ccccc5c5ccccc54)cccc23)c2cccc3c2sc2c(-n4c5ccccc5c5cccnc54)cccc23)cc1. The van der Waals surface area contributed by atoms with Gasteiger partial charge in [-0.2, -0.15) is 0 Å². The molecule has 9 aromatic carbocycles. The molecule has 0 unspecified atom stereocenters. The van der Waals surface area contributed by atoms with Gasteiger partial charge >= 0.3 is 0 Å². The van der Waals surface area contributed by atoms with E-state index in [1.807, 2.05) is 23.6 Å². The van der Waals surface area contributed by atoms with Crippen LogP contribution in [0.5, 0.6) is 0 Å². The highest BCUT2D eigenvalue weighted by molar-refractivity contribution is 7.31. The van der Waals surface area contributed by atoms with Crippen molar-refractivity contribution in [2.75, 3.05) is 0 Å². The van der Waals surface area contributed by atoms with Gasteiger partial charge in [0.1, 0.15) is 11.2 Å². The second-order valence-electron chi connectivity index (χ2n) is 17.0. The number of thiophene rings is 1. The molecule has 0 saturated heterocycles. The Hall–Kier alpha value is -8.03. The van der Waals surface area contributed by atoms with Crippen molar-refractivity contribution < 1.29 is 4.42 Å². The zero-order chi connectivity index (χ0) is 42.6. The minimum atomic E-state index is -3.21. The zero-order valence-electron chi connectivity index (χ0n) is 35.0. The summed E-state index contributed by atoms with van der Waals surface area (Å²) in [6.07, 6.45) is 1.91. The van der Waals surface area contributed by atoms with Gasteiger partial charge in [-0.25, -0.2) is 4.98 Å². The highest BCUT2D eigenvalue weighted by Gasteiger charge is 2.45. The van der Waals surface area contributed by atoms with Crippen LogP contribution in [0.2, 0.25) is 0 Å². The number of aromatic nitrogens is 3. The van der Waals surface area contributed by atoms with Gasteiger partial charge in [0.15, 0.2) is 13.7 Å². The maximum Gasteiger partial charge on any atom is 0.185 e. The van der Waals surface area contributed by atoms with Crippen LogP contribution in [0.25, 0.3) is 97.2 Å². The molecule has 0 aliphatic rings. The average molecular weight is 864 g/mol. The summed E-state index contributed by atoms with van der Waals surface area (Å²) < 4.78 is 14.8. The summed E-state index contributed by atoms with van der Waals surface area (Å²) in [4.78, 5) is 4.99. The standard InChI is InChI=1S/C59H37N3OSSi/c1-3-18-38(19-4-1)65(39-20-5-2-6-21-39,53-35-15-26-44-43-25-13-33-51(55(43)63-56(44)53)61-48-30-10-7-22-40(48)41-23-8-11-31-49(41)61)54-36-16-28-46-45-27-14-34-52(57(45)64-58(46)54)62-50-32-12-9-24-42(50)47-29-17-37-60-59(47)62/h1-37H. The van der Waals surface area contributed by atoms with Crippen molar-refractivity contribution in [2.45, 2.75) is 0 Å². The third-order valence-corrected chi connectivity index (χ3v) is 20.0. The molecule has 5 aromatic heterocycles. The first-order valence-corrected chi connectivity index (χ1v) is 24.9. The van der Waals surface area contributed by atoms with Crippen molar-refractivity contribution in [3.05, 3.63) is 225 Å². The molecule has 14 rings (SSSR count). The van der Waals surface area contributed by atoms with E-state index in [0.717, 1.165) is 60.9 Å². The summed E-state index contributed by atoms with van der Waals surface area (Å²) in [7, 11) is -3.21. The maximum atomic E-state index is 7.53. The van der Waals surface area contributed by atoms with E-state index in [1.165, 1.54) is 57.1 Å². The number of furan rings is 1. The second kappa shape index (κ2) is 14.0. The molecule has 0 aliphatic heterocycles. The lowest BCUT2D eigenvalue weighted by molar-refractivity contribution is 0.668. The number of pyridine rings is 1. The van der Waals surface area contributed by atoms with Crippen molar-refractivity contribution in [3.63, 3.8) is 0 Å². The molecule has 6 heteroatoms. The van der Waals surface area contributed by atoms with E-state index in [1.54, 1.807) is 0 Å². The van der Waals surface area contributed by atoms with Crippen LogP contribution in [0.3, 0.4) is 0 Å². The van der Waals surface area contributed by atoms with Crippen LogP contribution in [0.1, 0.15) is 0 Å². The first kappa shape index (κ1) is 36.5. The Balaban J connectivity index is 1.10. The van der Waals surface area contributed by atoms with Gasteiger partial charge in [0.25, 0.3) is 0 Å². The minimum absolute atomic E-state index is 0.884. The van der Waals surface area contributed by atoms with Crippen LogP contribution in [0.15, 0.2) is 229 Å². The van der Waals surface area contributed by atoms with Crippen LogP contribution in [-0.4, -0.2) is 22.2 Å². The van der Waals surface area contributed by atoms with Gasteiger partial charge in [-0.1, -0.05) is 176 Å². The highest BCUT2D eigenvalue weighted by atomic mass is 32.1. The van der Waals surface area contributed by atoms with E-state index in [2.05, 4.69) is 221 Å². The Morgan fingerprint density at radius 1 is 0.354 bits per heavy atom. The molecule has 0 N–H and O–H groups in total. The topological polar surface area (TPSA) is 35.9 Å². The lowest BCUT2D eigenvalue weighted by atomic mass is 10.1.